The van der Waals surface area contributed by atoms with Gasteiger partial charge in [-0.05, 0) is 30.3 Å². The van der Waals surface area contributed by atoms with Crippen LogP contribution in [0.15, 0.2) is 4.99 Å². The van der Waals surface area contributed by atoms with Gasteiger partial charge in [-0.2, -0.15) is 11.8 Å². The van der Waals surface area contributed by atoms with E-state index < -0.39 is 0 Å². The summed E-state index contributed by atoms with van der Waals surface area (Å²) in [6.45, 7) is 0.985. The number of rotatable bonds is 2. The standard InChI is InChI=1S/C11H23N3S/c1-13(2)11(14(3)4)12-8-10-6-5-7-15-9-10/h10H,5-9H2,1-4H3. The summed E-state index contributed by atoms with van der Waals surface area (Å²) >= 11 is 2.08. The van der Waals surface area contributed by atoms with Gasteiger partial charge >= 0.3 is 0 Å². The van der Waals surface area contributed by atoms with Crippen molar-refractivity contribution in [3.63, 3.8) is 0 Å². The van der Waals surface area contributed by atoms with Gasteiger partial charge in [-0.3, -0.25) is 4.99 Å². The predicted octanol–water partition coefficient (Wildman–Crippen LogP) is 1.61. The number of nitrogens with zero attached hydrogens (tertiary/aromatic N) is 3. The zero-order valence-electron chi connectivity index (χ0n) is 10.4. The number of hydrogen-bond acceptors (Lipinski definition) is 2. The largest absolute Gasteiger partial charge is 0.349 e. The molecule has 88 valence electrons. The molecule has 1 fully saturated rings. The molecule has 1 aliphatic rings. The van der Waals surface area contributed by atoms with Gasteiger partial charge in [-0.1, -0.05) is 0 Å². The second-order valence-corrected chi connectivity index (χ2v) is 5.66. The van der Waals surface area contributed by atoms with Crippen LogP contribution in [0.5, 0.6) is 0 Å². The number of thioether (sulfide) groups is 1. The lowest BCUT2D eigenvalue weighted by Crippen LogP contribution is -2.36. The summed E-state index contributed by atoms with van der Waals surface area (Å²) in [7, 11) is 8.20. The van der Waals surface area contributed by atoms with Gasteiger partial charge in [0.2, 0.25) is 0 Å². The molecule has 0 radical (unpaired) electrons. The molecule has 1 saturated heterocycles. The summed E-state index contributed by atoms with van der Waals surface area (Å²) in [6.07, 6.45) is 2.72. The monoisotopic (exact) mass is 229 g/mol. The molecule has 0 aromatic heterocycles. The van der Waals surface area contributed by atoms with E-state index in [4.69, 9.17) is 4.99 Å². The normalized spacial score (nSPS) is 20.9. The van der Waals surface area contributed by atoms with Crippen molar-refractivity contribution in [3.05, 3.63) is 0 Å². The van der Waals surface area contributed by atoms with Crippen LogP contribution in [0.1, 0.15) is 12.8 Å². The van der Waals surface area contributed by atoms with Crippen LogP contribution in [0.2, 0.25) is 0 Å². The Hall–Kier alpha value is -0.380. The summed E-state index contributed by atoms with van der Waals surface area (Å²) in [5, 5.41) is 0. The van der Waals surface area contributed by atoms with Crippen molar-refractivity contribution in [3.8, 4) is 0 Å². The molecule has 3 nitrogen and oxygen atoms in total. The molecule has 0 spiro atoms. The fraction of sp³-hybridized carbons (Fsp3) is 0.909. The van der Waals surface area contributed by atoms with Crippen LogP contribution in [-0.4, -0.2) is 62.0 Å². The van der Waals surface area contributed by atoms with Crippen molar-refractivity contribution in [1.29, 1.82) is 0 Å². The SMILES string of the molecule is CN(C)C(=NCC1CCCSC1)N(C)C. The van der Waals surface area contributed by atoms with Crippen LogP contribution in [0.25, 0.3) is 0 Å². The molecular weight excluding hydrogens is 206 g/mol. The Labute approximate surface area is 97.9 Å². The fourth-order valence-corrected chi connectivity index (χ4v) is 2.99. The minimum atomic E-state index is 0.790. The zero-order valence-corrected chi connectivity index (χ0v) is 11.2. The molecule has 1 unspecified atom stereocenters. The molecule has 1 rings (SSSR count). The van der Waals surface area contributed by atoms with E-state index in [0.717, 1.165) is 18.4 Å². The van der Waals surface area contributed by atoms with E-state index in [9.17, 15) is 0 Å². The van der Waals surface area contributed by atoms with Crippen molar-refractivity contribution in [2.75, 3.05) is 46.2 Å². The summed E-state index contributed by atoms with van der Waals surface area (Å²) < 4.78 is 0. The Kier molecular flexibility index (Phi) is 5.29. The van der Waals surface area contributed by atoms with Crippen molar-refractivity contribution in [2.24, 2.45) is 10.9 Å². The number of aliphatic imine (C=N–C) groups is 1. The third-order valence-corrected chi connectivity index (χ3v) is 3.83. The summed E-state index contributed by atoms with van der Waals surface area (Å²) in [5.74, 6) is 4.50. The lowest BCUT2D eigenvalue weighted by atomic mass is 10.1. The van der Waals surface area contributed by atoms with Gasteiger partial charge in [0.05, 0.1) is 0 Å². The van der Waals surface area contributed by atoms with Gasteiger partial charge in [0, 0.05) is 34.7 Å². The average molecular weight is 229 g/mol. The first kappa shape index (κ1) is 12.7. The molecule has 0 aromatic carbocycles. The molecule has 0 amide bonds. The topological polar surface area (TPSA) is 18.8 Å². The van der Waals surface area contributed by atoms with Gasteiger partial charge in [0.15, 0.2) is 5.96 Å². The van der Waals surface area contributed by atoms with Gasteiger partial charge in [0.25, 0.3) is 0 Å². The third kappa shape index (κ3) is 4.33. The Morgan fingerprint density at radius 1 is 1.27 bits per heavy atom. The first-order valence-corrected chi connectivity index (χ1v) is 6.73. The van der Waals surface area contributed by atoms with E-state index in [1.165, 1.54) is 24.3 Å². The van der Waals surface area contributed by atoms with Crippen LogP contribution >= 0.6 is 11.8 Å². The van der Waals surface area contributed by atoms with E-state index in [2.05, 4.69) is 49.8 Å². The molecule has 0 aliphatic carbocycles. The van der Waals surface area contributed by atoms with Crippen molar-refractivity contribution < 1.29 is 0 Å². The highest BCUT2D eigenvalue weighted by atomic mass is 32.2. The average Bonchev–Trinajstić information content (AvgIpc) is 2.18. The highest BCUT2D eigenvalue weighted by molar-refractivity contribution is 7.99. The van der Waals surface area contributed by atoms with Crippen molar-refractivity contribution in [2.45, 2.75) is 12.8 Å². The summed E-state index contributed by atoms with van der Waals surface area (Å²) in [4.78, 5) is 8.86. The highest BCUT2D eigenvalue weighted by Crippen LogP contribution is 2.22. The summed E-state index contributed by atoms with van der Waals surface area (Å²) in [5.41, 5.74) is 0. The Balaban J connectivity index is 2.44. The molecule has 1 aliphatic heterocycles. The highest BCUT2D eigenvalue weighted by Gasteiger charge is 2.14. The first-order chi connectivity index (χ1) is 7.11. The van der Waals surface area contributed by atoms with Gasteiger partial charge in [-0.25, -0.2) is 0 Å². The molecule has 0 aromatic rings. The van der Waals surface area contributed by atoms with Crippen LogP contribution in [0.3, 0.4) is 0 Å². The van der Waals surface area contributed by atoms with Crippen LogP contribution in [-0.2, 0) is 0 Å². The molecule has 0 saturated carbocycles. The maximum absolute atomic E-state index is 4.70. The van der Waals surface area contributed by atoms with Crippen molar-refractivity contribution in [1.82, 2.24) is 9.80 Å². The summed E-state index contributed by atoms with van der Waals surface area (Å²) in [6, 6.07) is 0. The zero-order chi connectivity index (χ0) is 11.3. The van der Waals surface area contributed by atoms with E-state index in [1.807, 2.05) is 0 Å². The van der Waals surface area contributed by atoms with E-state index in [-0.39, 0.29) is 0 Å². The Morgan fingerprint density at radius 2 is 1.93 bits per heavy atom. The smallest absolute Gasteiger partial charge is 0.195 e. The van der Waals surface area contributed by atoms with Gasteiger partial charge < -0.3 is 9.80 Å². The second kappa shape index (κ2) is 6.26. The molecular formula is C11H23N3S. The molecule has 4 heteroatoms. The minimum Gasteiger partial charge on any atom is -0.349 e. The van der Waals surface area contributed by atoms with Crippen LogP contribution in [0, 0.1) is 5.92 Å². The number of hydrogen-bond donors (Lipinski definition) is 0. The van der Waals surface area contributed by atoms with Gasteiger partial charge in [0.1, 0.15) is 0 Å². The van der Waals surface area contributed by atoms with Gasteiger partial charge in [-0.15, -0.1) is 0 Å². The second-order valence-electron chi connectivity index (χ2n) is 4.51. The first-order valence-electron chi connectivity index (χ1n) is 5.58. The Morgan fingerprint density at radius 3 is 2.40 bits per heavy atom. The lowest BCUT2D eigenvalue weighted by Gasteiger charge is -2.25. The minimum absolute atomic E-state index is 0.790. The molecule has 0 N–H and O–H groups in total. The fourth-order valence-electron chi connectivity index (χ4n) is 1.84. The molecule has 0 bridgehead atoms. The van der Waals surface area contributed by atoms with Crippen LogP contribution in [0.4, 0.5) is 0 Å². The van der Waals surface area contributed by atoms with E-state index in [1.54, 1.807) is 0 Å². The van der Waals surface area contributed by atoms with Crippen molar-refractivity contribution >= 4 is 17.7 Å². The van der Waals surface area contributed by atoms with E-state index >= 15 is 0 Å². The maximum Gasteiger partial charge on any atom is 0.195 e. The predicted molar refractivity (Wildman–Crippen MR) is 69.7 cm³/mol. The molecule has 1 atom stereocenters. The quantitative estimate of drug-likeness (QED) is 0.529. The Bertz CT molecular complexity index is 198. The number of guanidine groups is 1. The molecule has 15 heavy (non-hydrogen) atoms. The lowest BCUT2D eigenvalue weighted by molar-refractivity contribution is 0.466. The van der Waals surface area contributed by atoms with Crippen LogP contribution < -0.4 is 0 Å². The molecule has 1 heterocycles. The maximum atomic E-state index is 4.70. The van der Waals surface area contributed by atoms with E-state index in [0.29, 0.717) is 0 Å². The third-order valence-electron chi connectivity index (χ3n) is 2.55.